The highest BCUT2D eigenvalue weighted by Gasteiger charge is 2.37. The zero-order valence-electron chi connectivity index (χ0n) is 11.7. The van der Waals surface area contributed by atoms with Gasteiger partial charge in [-0.1, -0.05) is 26.1 Å². The number of nitrogens with two attached hydrogens (primary N) is 1. The van der Waals surface area contributed by atoms with E-state index < -0.39 is 0 Å². The van der Waals surface area contributed by atoms with Gasteiger partial charge in [0.1, 0.15) is 17.4 Å². The summed E-state index contributed by atoms with van der Waals surface area (Å²) in [6.45, 7) is 4.25. The lowest BCUT2D eigenvalue weighted by Crippen LogP contribution is -2.32. The van der Waals surface area contributed by atoms with Crippen molar-refractivity contribution in [2.75, 3.05) is 7.05 Å². The first-order chi connectivity index (χ1) is 9.18. The third-order valence-electron chi connectivity index (χ3n) is 3.56. The van der Waals surface area contributed by atoms with E-state index in [-0.39, 0.29) is 5.60 Å². The van der Waals surface area contributed by atoms with Crippen LogP contribution in [0.1, 0.15) is 43.4 Å². The van der Waals surface area contributed by atoms with Gasteiger partial charge in [0.15, 0.2) is 0 Å². The van der Waals surface area contributed by atoms with Crippen LogP contribution >= 0.6 is 12.2 Å². The van der Waals surface area contributed by atoms with E-state index in [1.54, 1.807) is 11.4 Å². The highest BCUT2D eigenvalue weighted by Crippen LogP contribution is 2.41. The summed E-state index contributed by atoms with van der Waals surface area (Å²) in [6.07, 6.45) is 2.78. The fourth-order valence-corrected chi connectivity index (χ4v) is 2.50. The number of hydrogen-bond donors (Lipinski definition) is 1. The van der Waals surface area contributed by atoms with Gasteiger partial charge < -0.3 is 10.5 Å². The van der Waals surface area contributed by atoms with Crippen molar-refractivity contribution in [3.8, 4) is 11.8 Å². The first-order valence-electron chi connectivity index (χ1n) is 6.47. The maximum atomic E-state index is 9.16. The molecule has 2 rings (SSSR count). The minimum Gasteiger partial charge on any atom is -0.485 e. The maximum Gasteiger partial charge on any atom is 0.141 e. The van der Waals surface area contributed by atoms with Gasteiger partial charge >= 0.3 is 0 Å². The number of nitrogens with zero attached hydrogens (tertiary/aromatic N) is 1. The zero-order valence-corrected chi connectivity index (χ0v) is 12.5. The second-order valence-electron chi connectivity index (χ2n) is 4.46. The van der Waals surface area contributed by atoms with Crippen LogP contribution < -0.4 is 10.5 Å². The van der Waals surface area contributed by atoms with Crippen molar-refractivity contribution in [1.82, 2.24) is 0 Å². The molecule has 0 aromatic heterocycles. The Bertz CT molecular complexity index is 502. The van der Waals surface area contributed by atoms with Crippen molar-refractivity contribution < 1.29 is 4.74 Å². The molecule has 3 nitrogen and oxygen atoms in total. The van der Waals surface area contributed by atoms with Gasteiger partial charge in [-0.2, -0.15) is 5.26 Å². The first kappa shape index (κ1) is 15.6. The zero-order chi connectivity index (χ0) is 14.5. The van der Waals surface area contributed by atoms with Crippen molar-refractivity contribution in [3.05, 3.63) is 28.8 Å². The molecule has 4 heteroatoms. The molecular weight excluding hydrogens is 256 g/mol. The fraction of sp³-hybridized carbons (Fsp3) is 0.467. The lowest BCUT2D eigenvalue weighted by atomic mass is 9.91. The number of nitriles is 1. The van der Waals surface area contributed by atoms with Crippen molar-refractivity contribution in [3.63, 3.8) is 0 Å². The van der Waals surface area contributed by atoms with Crippen molar-refractivity contribution in [2.24, 2.45) is 5.73 Å². The maximum absolute atomic E-state index is 9.16. The summed E-state index contributed by atoms with van der Waals surface area (Å²) >= 11 is 4.94. The molecule has 1 aromatic rings. The molecule has 1 aromatic carbocycles. The Kier molecular flexibility index (Phi) is 5.46. The van der Waals surface area contributed by atoms with Crippen LogP contribution in [0.3, 0.4) is 0 Å². The van der Waals surface area contributed by atoms with E-state index >= 15 is 0 Å². The summed E-state index contributed by atoms with van der Waals surface area (Å²) in [6, 6.07) is 6.03. The number of rotatable bonds is 3. The molecular formula is C15H20N2OS. The quantitative estimate of drug-likeness (QED) is 0.862. The largest absolute Gasteiger partial charge is 0.485 e. The number of fused-ring (bicyclic) bond motifs is 1. The third-order valence-corrected chi connectivity index (χ3v) is 3.84. The molecule has 0 saturated carbocycles. The van der Waals surface area contributed by atoms with Crippen LogP contribution in [-0.2, 0) is 6.42 Å². The van der Waals surface area contributed by atoms with Gasteiger partial charge in [0.2, 0.25) is 0 Å². The molecule has 0 amide bonds. The number of benzene rings is 1. The molecule has 1 aliphatic heterocycles. The van der Waals surface area contributed by atoms with Crippen LogP contribution in [0.4, 0.5) is 0 Å². The molecule has 0 fully saturated rings. The Morgan fingerprint density at radius 1 is 1.42 bits per heavy atom. The molecule has 0 spiro atoms. The molecule has 0 saturated heterocycles. The van der Waals surface area contributed by atoms with E-state index in [2.05, 4.69) is 25.7 Å². The van der Waals surface area contributed by atoms with E-state index in [0.29, 0.717) is 5.56 Å². The van der Waals surface area contributed by atoms with Gasteiger partial charge in [0.25, 0.3) is 0 Å². The van der Waals surface area contributed by atoms with Gasteiger partial charge in [0.05, 0.1) is 5.56 Å². The van der Waals surface area contributed by atoms with Crippen molar-refractivity contribution in [2.45, 2.75) is 38.7 Å². The van der Waals surface area contributed by atoms with E-state index in [9.17, 15) is 0 Å². The van der Waals surface area contributed by atoms with Crippen LogP contribution in [0.2, 0.25) is 0 Å². The fourth-order valence-electron chi connectivity index (χ4n) is 2.36. The molecule has 1 heterocycles. The second kappa shape index (κ2) is 6.65. The minimum absolute atomic E-state index is 0.131. The summed E-state index contributed by atoms with van der Waals surface area (Å²) in [5.74, 6) is 0.761. The molecule has 19 heavy (non-hydrogen) atoms. The normalized spacial score (nSPS) is 14.5. The number of hydrogen-bond acceptors (Lipinski definition) is 4. The highest BCUT2D eigenvalue weighted by atomic mass is 32.1. The SMILES string of the molecule is CCC1(CC)Cc2cc(C=S)cc(C#N)c2O1.CN. The van der Waals surface area contributed by atoms with E-state index in [4.69, 9.17) is 22.2 Å². The average Bonchev–Trinajstić information content (AvgIpc) is 2.87. The standard InChI is InChI=1S/C14H15NOS.CH5N/c1-3-14(4-2)7-11-5-10(9-17)6-12(8-15)13(11)16-14;1-2/h5-6,9H,3-4,7H2,1-2H3;2H2,1H3. The first-order valence-corrected chi connectivity index (χ1v) is 6.94. The Hall–Kier alpha value is -1.44. The highest BCUT2D eigenvalue weighted by molar-refractivity contribution is 7.79. The third kappa shape index (κ3) is 2.94. The van der Waals surface area contributed by atoms with Crippen LogP contribution in [0, 0.1) is 11.3 Å². The Morgan fingerprint density at radius 3 is 2.53 bits per heavy atom. The molecule has 0 bridgehead atoms. The molecule has 102 valence electrons. The lowest BCUT2D eigenvalue weighted by molar-refractivity contribution is 0.0855. The van der Waals surface area contributed by atoms with Crippen LogP contribution in [-0.4, -0.2) is 18.0 Å². The smallest absolute Gasteiger partial charge is 0.141 e. The summed E-state index contributed by atoms with van der Waals surface area (Å²) in [5.41, 5.74) is 7.00. The molecule has 0 unspecified atom stereocenters. The van der Waals surface area contributed by atoms with Gasteiger partial charge in [-0.15, -0.1) is 0 Å². The Balaban J connectivity index is 0.000000861. The van der Waals surface area contributed by atoms with Crippen LogP contribution in [0.5, 0.6) is 5.75 Å². The number of ether oxygens (including phenoxy) is 1. The molecule has 0 atom stereocenters. The summed E-state index contributed by atoms with van der Waals surface area (Å²) in [4.78, 5) is 0. The molecule has 1 aliphatic rings. The second-order valence-corrected chi connectivity index (χ2v) is 4.69. The predicted molar refractivity (Wildman–Crippen MR) is 81.7 cm³/mol. The van der Waals surface area contributed by atoms with Crippen molar-refractivity contribution in [1.29, 1.82) is 5.26 Å². The van der Waals surface area contributed by atoms with E-state index in [0.717, 1.165) is 36.1 Å². The van der Waals surface area contributed by atoms with E-state index in [1.165, 1.54) is 7.05 Å². The van der Waals surface area contributed by atoms with Gasteiger partial charge in [-0.05, 0) is 37.6 Å². The topological polar surface area (TPSA) is 59.0 Å². The summed E-state index contributed by atoms with van der Waals surface area (Å²) in [7, 11) is 1.50. The number of thiocarbonyl (C=S) groups is 1. The Morgan fingerprint density at radius 2 is 2.05 bits per heavy atom. The van der Waals surface area contributed by atoms with Crippen molar-refractivity contribution >= 4 is 17.6 Å². The van der Waals surface area contributed by atoms with Crippen LogP contribution in [0.15, 0.2) is 12.1 Å². The van der Waals surface area contributed by atoms with E-state index in [1.807, 2.05) is 6.07 Å². The van der Waals surface area contributed by atoms with Gasteiger partial charge in [-0.25, -0.2) is 0 Å². The monoisotopic (exact) mass is 276 g/mol. The van der Waals surface area contributed by atoms with Gasteiger partial charge in [0, 0.05) is 17.4 Å². The Labute approximate surface area is 120 Å². The molecule has 0 radical (unpaired) electrons. The van der Waals surface area contributed by atoms with Crippen LogP contribution in [0.25, 0.3) is 0 Å². The molecule has 0 aliphatic carbocycles. The molecule has 2 N–H and O–H groups in total. The minimum atomic E-state index is -0.131. The average molecular weight is 276 g/mol. The summed E-state index contributed by atoms with van der Waals surface area (Å²) < 4.78 is 6.04. The predicted octanol–water partition coefficient (Wildman–Crippen LogP) is 2.97. The van der Waals surface area contributed by atoms with Gasteiger partial charge in [-0.3, -0.25) is 0 Å². The summed E-state index contributed by atoms with van der Waals surface area (Å²) in [5, 5.41) is 10.8. The lowest BCUT2D eigenvalue weighted by Gasteiger charge is -2.25.